The van der Waals surface area contributed by atoms with Crippen LogP contribution in [0.1, 0.15) is 22.1 Å². The zero-order chi connectivity index (χ0) is 18.1. The Labute approximate surface area is 151 Å². The highest BCUT2D eigenvalue weighted by molar-refractivity contribution is 9.10. The molecule has 1 atom stereocenters. The quantitative estimate of drug-likeness (QED) is 0.700. The van der Waals surface area contributed by atoms with Gasteiger partial charge in [0, 0.05) is 22.4 Å². The lowest BCUT2D eigenvalue weighted by molar-refractivity contribution is -0.122. The summed E-state index contributed by atoms with van der Waals surface area (Å²) in [6.45, 7) is 0. The van der Waals surface area contributed by atoms with E-state index in [9.17, 15) is 14.0 Å². The summed E-state index contributed by atoms with van der Waals surface area (Å²) in [5, 5.41) is 0.862. The van der Waals surface area contributed by atoms with Gasteiger partial charge >= 0.3 is 0 Å². The minimum Gasteiger partial charge on any atom is -0.368 e. The second kappa shape index (κ2) is 6.68. The van der Waals surface area contributed by atoms with Crippen molar-refractivity contribution in [2.45, 2.75) is 6.04 Å². The lowest BCUT2D eigenvalue weighted by atomic mass is 10.0. The summed E-state index contributed by atoms with van der Waals surface area (Å²) in [6, 6.07) is 11.7. The first kappa shape index (κ1) is 17.2. The molecule has 3 N–H and O–H groups in total. The highest BCUT2D eigenvalue weighted by Crippen LogP contribution is 2.24. The van der Waals surface area contributed by atoms with Crippen LogP contribution in [0.5, 0.6) is 0 Å². The molecule has 0 saturated carbocycles. The molecule has 0 aliphatic heterocycles. The Balaban J connectivity index is 1.96. The Kier molecular flexibility index (Phi) is 4.59. The van der Waals surface area contributed by atoms with E-state index in [0.717, 1.165) is 15.4 Å². The minimum absolute atomic E-state index is 0.318. The molecule has 1 unspecified atom stereocenters. The third-order valence-corrected chi connectivity index (χ3v) is 4.45. The number of nitrogens with zero attached hydrogens (tertiary/aromatic N) is 1. The van der Waals surface area contributed by atoms with E-state index in [2.05, 4.69) is 20.9 Å². The Hall–Kier alpha value is -2.67. The highest BCUT2D eigenvalue weighted by atomic mass is 79.9. The van der Waals surface area contributed by atoms with Gasteiger partial charge in [0.2, 0.25) is 5.91 Å². The maximum Gasteiger partial charge on any atom is 0.270 e. The molecule has 0 radical (unpaired) electrons. The van der Waals surface area contributed by atoms with E-state index in [1.807, 2.05) is 18.2 Å². The first-order valence-electron chi connectivity index (χ1n) is 7.47. The van der Waals surface area contributed by atoms with Gasteiger partial charge in [0.1, 0.15) is 17.6 Å². The molecule has 0 spiro atoms. The lowest BCUT2D eigenvalue weighted by Crippen LogP contribution is -2.39. The average molecular weight is 404 g/mol. The van der Waals surface area contributed by atoms with Gasteiger partial charge in [-0.3, -0.25) is 9.59 Å². The number of H-pyrrole nitrogens is 1. The number of hydrogen-bond acceptors (Lipinski definition) is 2. The third-order valence-electron chi connectivity index (χ3n) is 3.96. The number of benzene rings is 2. The van der Waals surface area contributed by atoms with Gasteiger partial charge in [-0.05, 0) is 35.9 Å². The topological polar surface area (TPSA) is 79.2 Å². The number of aromatic nitrogens is 1. The normalized spacial score (nSPS) is 12.1. The Morgan fingerprint density at radius 3 is 2.64 bits per heavy atom. The van der Waals surface area contributed by atoms with Crippen LogP contribution in [-0.4, -0.2) is 28.7 Å². The average Bonchev–Trinajstić information content (AvgIpc) is 2.97. The van der Waals surface area contributed by atoms with Crippen LogP contribution in [0.3, 0.4) is 0 Å². The molecular weight excluding hydrogens is 389 g/mol. The van der Waals surface area contributed by atoms with E-state index in [-0.39, 0.29) is 0 Å². The summed E-state index contributed by atoms with van der Waals surface area (Å²) < 4.78 is 14.4. The zero-order valence-corrected chi connectivity index (χ0v) is 14.9. The Bertz CT molecular complexity index is 970. The maximum atomic E-state index is 13.5. The molecule has 0 bridgehead atoms. The van der Waals surface area contributed by atoms with E-state index in [0.29, 0.717) is 11.3 Å². The molecule has 25 heavy (non-hydrogen) atoms. The molecule has 5 nitrogen and oxygen atoms in total. The van der Waals surface area contributed by atoms with Gasteiger partial charge in [0.05, 0.1) is 0 Å². The second-order valence-corrected chi connectivity index (χ2v) is 6.61. The molecule has 128 valence electrons. The number of carbonyl (C=O) groups is 2. The third kappa shape index (κ3) is 3.41. The molecule has 3 rings (SSSR count). The van der Waals surface area contributed by atoms with Crippen molar-refractivity contribution in [2.24, 2.45) is 5.73 Å². The standard InChI is InChI=1S/C18H15BrFN3O2/c1-23(16(17(21)24)11-3-2-4-13(20)7-11)18(25)15-8-10-5-6-12(19)9-14(10)22-15/h2-9,16,22H,1H3,(H2,21,24). The smallest absolute Gasteiger partial charge is 0.270 e. The highest BCUT2D eigenvalue weighted by Gasteiger charge is 2.28. The fraction of sp³-hybridized carbons (Fsp3) is 0.111. The number of likely N-dealkylation sites (N-methyl/N-ethyl adjacent to an activating group) is 1. The number of fused-ring (bicyclic) bond motifs is 1. The molecule has 0 aliphatic carbocycles. The number of aromatic amines is 1. The SMILES string of the molecule is CN(C(=O)c1cc2ccc(Br)cc2[nH]1)C(C(N)=O)c1cccc(F)c1. The Morgan fingerprint density at radius 1 is 1.20 bits per heavy atom. The molecular formula is C18H15BrFN3O2. The van der Waals surface area contributed by atoms with Crippen molar-refractivity contribution in [1.82, 2.24) is 9.88 Å². The number of halogens is 2. The summed E-state index contributed by atoms with van der Waals surface area (Å²) in [5.41, 5.74) is 6.88. The van der Waals surface area contributed by atoms with Crippen molar-refractivity contribution in [3.8, 4) is 0 Å². The van der Waals surface area contributed by atoms with Gasteiger partial charge < -0.3 is 15.6 Å². The fourth-order valence-corrected chi connectivity index (χ4v) is 3.14. The van der Waals surface area contributed by atoms with Gasteiger partial charge in [0.15, 0.2) is 0 Å². The summed E-state index contributed by atoms with van der Waals surface area (Å²) >= 11 is 3.38. The van der Waals surface area contributed by atoms with Gasteiger partial charge in [0.25, 0.3) is 5.91 Å². The number of nitrogens with one attached hydrogen (secondary N) is 1. The van der Waals surface area contributed by atoms with Crippen molar-refractivity contribution in [3.63, 3.8) is 0 Å². The van der Waals surface area contributed by atoms with Crippen molar-refractivity contribution in [3.05, 3.63) is 70.1 Å². The van der Waals surface area contributed by atoms with Gasteiger partial charge in [-0.1, -0.05) is 34.1 Å². The van der Waals surface area contributed by atoms with Crippen LogP contribution in [0.4, 0.5) is 4.39 Å². The summed E-state index contributed by atoms with van der Waals surface area (Å²) in [4.78, 5) is 28.9. The van der Waals surface area contributed by atoms with Crippen molar-refractivity contribution < 1.29 is 14.0 Å². The van der Waals surface area contributed by atoms with Crippen LogP contribution in [0.15, 0.2) is 53.0 Å². The summed E-state index contributed by atoms with van der Waals surface area (Å²) in [7, 11) is 1.46. The number of rotatable bonds is 4. The molecule has 7 heteroatoms. The monoisotopic (exact) mass is 403 g/mol. The predicted molar refractivity (Wildman–Crippen MR) is 96.4 cm³/mol. The van der Waals surface area contributed by atoms with Gasteiger partial charge in [-0.2, -0.15) is 0 Å². The minimum atomic E-state index is -1.07. The molecule has 1 aromatic heterocycles. The van der Waals surface area contributed by atoms with Crippen LogP contribution in [0.25, 0.3) is 10.9 Å². The van der Waals surface area contributed by atoms with Crippen molar-refractivity contribution in [1.29, 1.82) is 0 Å². The van der Waals surface area contributed by atoms with E-state index in [4.69, 9.17) is 5.73 Å². The molecule has 3 aromatic rings. The Morgan fingerprint density at radius 2 is 1.96 bits per heavy atom. The number of primary amides is 1. The number of nitrogens with two attached hydrogens (primary N) is 1. The first-order valence-corrected chi connectivity index (χ1v) is 8.26. The van der Waals surface area contributed by atoms with Crippen LogP contribution in [0, 0.1) is 5.82 Å². The molecule has 0 fully saturated rings. The van der Waals surface area contributed by atoms with Crippen LogP contribution in [0.2, 0.25) is 0 Å². The first-order chi connectivity index (χ1) is 11.9. The fourth-order valence-electron chi connectivity index (χ4n) is 2.78. The van der Waals surface area contributed by atoms with Crippen LogP contribution < -0.4 is 5.73 Å². The summed E-state index contributed by atoms with van der Waals surface area (Å²) in [6.07, 6.45) is 0. The number of carbonyl (C=O) groups excluding carboxylic acids is 2. The van der Waals surface area contributed by atoms with Crippen molar-refractivity contribution in [2.75, 3.05) is 7.05 Å². The second-order valence-electron chi connectivity index (χ2n) is 5.69. The molecule has 0 aliphatic rings. The molecule has 2 amide bonds. The zero-order valence-electron chi connectivity index (χ0n) is 13.3. The molecule has 1 heterocycles. The van der Waals surface area contributed by atoms with E-state index in [1.165, 1.54) is 30.1 Å². The summed E-state index contributed by atoms with van der Waals surface area (Å²) in [5.74, 6) is -1.65. The van der Waals surface area contributed by atoms with Crippen LogP contribution in [-0.2, 0) is 4.79 Å². The number of hydrogen-bond donors (Lipinski definition) is 2. The maximum absolute atomic E-state index is 13.5. The molecule has 2 aromatic carbocycles. The van der Waals surface area contributed by atoms with E-state index >= 15 is 0 Å². The van der Waals surface area contributed by atoms with Gasteiger partial charge in [-0.25, -0.2) is 4.39 Å². The molecule has 0 saturated heterocycles. The van der Waals surface area contributed by atoms with E-state index in [1.54, 1.807) is 12.1 Å². The number of amides is 2. The largest absolute Gasteiger partial charge is 0.368 e. The van der Waals surface area contributed by atoms with Crippen LogP contribution >= 0.6 is 15.9 Å². The van der Waals surface area contributed by atoms with Crippen molar-refractivity contribution >= 4 is 38.6 Å². The van der Waals surface area contributed by atoms with E-state index < -0.39 is 23.7 Å². The predicted octanol–water partition coefficient (Wildman–Crippen LogP) is 3.37. The van der Waals surface area contributed by atoms with Gasteiger partial charge in [-0.15, -0.1) is 0 Å². The lowest BCUT2D eigenvalue weighted by Gasteiger charge is -2.25.